The molecule has 0 bridgehead atoms. The molecule has 0 atom stereocenters. The van der Waals surface area contributed by atoms with Gasteiger partial charge in [0.25, 0.3) is 0 Å². The van der Waals surface area contributed by atoms with E-state index in [1.54, 1.807) is 12.2 Å². The van der Waals surface area contributed by atoms with Crippen LogP contribution in [0.5, 0.6) is 11.5 Å². The van der Waals surface area contributed by atoms with Crippen LogP contribution in [-0.4, -0.2) is 12.0 Å². The zero-order chi connectivity index (χ0) is 11.4. The summed E-state index contributed by atoms with van der Waals surface area (Å²) in [5, 5.41) is -0.490. The second-order valence-electron chi connectivity index (χ2n) is 3.14. The Kier molecular flexibility index (Phi) is 3.27. The third-order valence-corrected chi connectivity index (χ3v) is 2.15. The van der Waals surface area contributed by atoms with Crippen molar-refractivity contribution >= 4 is 22.9 Å². The molecule has 0 unspecified atom stereocenters. The standard InChI is InChI=1S/C12H9ClO3/c13-12(14)4-2-1-3-9-5-6-10-11(7-9)16-8-15-10/h1-7H,8H2. The second kappa shape index (κ2) is 4.86. The molecule has 82 valence electrons. The number of halogens is 1. The first kappa shape index (κ1) is 10.8. The molecule has 1 heterocycles. The van der Waals surface area contributed by atoms with E-state index < -0.39 is 5.24 Å². The number of fused-ring (bicyclic) bond motifs is 1. The maximum absolute atomic E-state index is 10.4. The lowest BCUT2D eigenvalue weighted by molar-refractivity contribution is -0.107. The molecule has 0 aliphatic carbocycles. The predicted molar refractivity (Wildman–Crippen MR) is 61.6 cm³/mol. The Morgan fingerprint density at radius 3 is 2.88 bits per heavy atom. The van der Waals surface area contributed by atoms with Gasteiger partial charge in [-0.1, -0.05) is 24.3 Å². The van der Waals surface area contributed by atoms with Crippen LogP contribution in [-0.2, 0) is 4.79 Å². The fraction of sp³-hybridized carbons (Fsp3) is 0.0833. The van der Waals surface area contributed by atoms with Crippen LogP contribution in [0.4, 0.5) is 0 Å². The van der Waals surface area contributed by atoms with Gasteiger partial charge in [-0.15, -0.1) is 0 Å². The maximum Gasteiger partial charge on any atom is 0.245 e. The van der Waals surface area contributed by atoms with Crippen LogP contribution in [0.3, 0.4) is 0 Å². The summed E-state index contributed by atoms with van der Waals surface area (Å²) in [5.41, 5.74) is 0.968. The minimum absolute atomic E-state index is 0.267. The van der Waals surface area contributed by atoms with E-state index in [2.05, 4.69) is 0 Å². The van der Waals surface area contributed by atoms with Crippen molar-refractivity contribution in [3.8, 4) is 11.5 Å². The first-order valence-corrected chi connectivity index (χ1v) is 5.07. The van der Waals surface area contributed by atoms with Gasteiger partial charge >= 0.3 is 0 Å². The number of benzene rings is 1. The fourth-order valence-corrected chi connectivity index (χ4v) is 1.39. The van der Waals surface area contributed by atoms with Gasteiger partial charge in [-0.25, -0.2) is 0 Å². The summed E-state index contributed by atoms with van der Waals surface area (Å²) in [7, 11) is 0. The van der Waals surface area contributed by atoms with Gasteiger partial charge in [-0.05, 0) is 35.4 Å². The average Bonchev–Trinajstić information content (AvgIpc) is 2.71. The number of carbonyl (C=O) groups is 1. The van der Waals surface area contributed by atoms with Crippen LogP contribution < -0.4 is 9.47 Å². The van der Waals surface area contributed by atoms with Crippen LogP contribution in [0, 0.1) is 0 Å². The molecule has 1 aliphatic heterocycles. The van der Waals surface area contributed by atoms with Crippen LogP contribution in [0.2, 0.25) is 0 Å². The predicted octanol–water partition coefficient (Wildman–Crippen LogP) is 2.75. The van der Waals surface area contributed by atoms with Gasteiger partial charge in [0.1, 0.15) is 0 Å². The van der Waals surface area contributed by atoms with Crippen molar-refractivity contribution in [2.45, 2.75) is 0 Å². The molecule has 4 heteroatoms. The summed E-state index contributed by atoms with van der Waals surface area (Å²) in [4.78, 5) is 10.4. The molecule has 3 nitrogen and oxygen atoms in total. The van der Waals surface area contributed by atoms with E-state index in [0.717, 1.165) is 17.1 Å². The molecule has 0 amide bonds. The fourth-order valence-electron chi connectivity index (χ4n) is 1.31. The highest BCUT2D eigenvalue weighted by atomic mass is 35.5. The Hall–Kier alpha value is -1.74. The van der Waals surface area contributed by atoms with Crippen molar-refractivity contribution in [3.05, 3.63) is 42.0 Å². The van der Waals surface area contributed by atoms with Gasteiger partial charge in [0.05, 0.1) is 0 Å². The molecule has 1 aromatic rings. The minimum atomic E-state index is -0.490. The van der Waals surface area contributed by atoms with Crippen molar-refractivity contribution in [1.29, 1.82) is 0 Å². The number of rotatable bonds is 3. The number of hydrogen-bond acceptors (Lipinski definition) is 3. The van der Waals surface area contributed by atoms with E-state index >= 15 is 0 Å². The Morgan fingerprint density at radius 1 is 1.25 bits per heavy atom. The number of carbonyl (C=O) groups excluding carboxylic acids is 1. The SMILES string of the molecule is O=C(Cl)C=CC=Cc1ccc2c(c1)OCO2. The third-order valence-electron chi connectivity index (χ3n) is 2.02. The Balaban J connectivity index is 2.08. The Morgan fingerprint density at radius 2 is 2.06 bits per heavy atom. The first-order chi connectivity index (χ1) is 7.75. The molecule has 16 heavy (non-hydrogen) atoms. The number of allylic oxidation sites excluding steroid dienone is 3. The van der Waals surface area contributed by atoms with Gasteiger partial charge in [-0.3, -0.25) is 4.79 Å². The lowest BCUT2D eigenvalue weighted by atomic mass is 10.2. The van der Waals surface area contributed by atoms with Crippen LogP contribution in [0.15, 0.2) is 36.4 Å². The Bertz CT molecular complexity index is 463. The summed E-state index contributed by atoms with van der Waals surface area (Å²) in [6.45, 7) is 0.267. The van der Waals surface area contributed by atoms with Crippen molar-refractivity contribution in [2.24, 2.45) is 0 Å². The molecule has 2 rings (SSSR count). The summed E-state index contributed by atoms with van der Waals surface area (Å²) < 4.78 is 10.4. The molecule has 0 aromatic heterocycles. The molecule has 0 saturated heterocycles. The van der Waals surface area contributed by atoms with Crippen LogP contribution >= 0.6 is 11.6 Å². The van der Waals surface area contributed by atoms with Gasteiger partial charge < -0.3 is 9.47 Å². The molecular formula is C12H9ClO3. The monoisotopic (exact) mass is 236 g/mol. The van der Waals surface area contributed by atoms with Crippen LogP contribution in [0.1, 0.15) is 5.56 Å². The molecular weight excluding hydrogens is 228 g/mol. The van der Waals surface area contributed by atoms with Gasteiger partial charge in [0.2, 0.25) is 12.0 Å². The first-order valence-electron chi connectivity index (χ1n) is 4.69. The highest BCUT2D eigenvalue weighted by Crippen LogP contribution is 2.32. The molecule has 0 fully saturated rings. The zero-order valence-corrected chi connectivity index (χ0v) is 9.11. The summed E-state index contributed by atoms with van der Waals surface area (Å²) in [5.74, 6) is 1.49. The van der Waals surface area contributed by atoms with Crippen molar-refractivity contribution in [3.63, 3.8) is 0 Å². The maximum atomic E-state index is 10.4. The average molecular weight is 237 g/mol. The van der Waals surface area contributed by atoms with E-state index in [1.807, 2.05) is 24.3 Å². The van der Waals surface area contributed by atoms with E-state index in [1.165, 1.54) is 6.08 Å². The summed E-state index contributed by atoms with van der Waals surface area (Å²) >= 11 is 5.14. The quantitative estimate of drug-likeness (QED) is 0.460. The Labute approximate surface area is 97.9 Å². The van der Waals surface area contributed by atoms with Crippen molar-refractivity contribution < 1.29 is 14.3 Å². The molecule has 0 saturated carbocycles. The molecule has 0 spiro atoms. The largest absolute Gasteiger partial charge is 0.454 e. The van der Waals surface area contributed by atoms with Crippen LogP contribution in [0.25, 0.3) is 6.08 Å². The lowest BCUT2D eigenvalue weighted by Gasteiger charge is -1.96. The lowest BCUT2D eigenvalue weighted by Crippen LogP contribution is -1.92. The van der Waals surface area contributed by atoms with E-state index in [9.17, 15) is 4.79 Å². The summed E-state index contributed by atoms with van der Waals surface area (Å²) in [6.07, 6.45) is 6.45. The highest BCUT2D eigenvalue weighted by Gasteiger charge is 2.11. The van der Waals surface area contributed by atoms with Gasteiger partial charge in [0, 0.05) is 0 Å². The smallest absolute Gasteiger partial charge is 0.245 e. The van der Waals surface area contributed by atoms with Gasteiger partial charge in [0.15, 0.2) is 11.5 Å². The molecule has 0 N–H and O–H groups in total. The van der Waals surface area contributed by atoms with E-state index in [4.69, 9.17) is 21.1 Å². The van der Waals surface area contributed by atoms with Crippen molar-refractivity contribution in [2.75, 3.05) is 6.79 Å². The number of hydrogen-bond donors (Lipinski definition) is 0. The summed E-state index contributed by atoms with van der Waals surface area (Å²) in [6, 6.07) is 5.62. The molecule has 1 aliphatic rings. The molecule has 1 aromatic carbocycles. The number of ether oxygens (including phenoxy) is 2. The van der Waals surface area contributed by atoms with Gasteiger partial charge in [-0.2, -0.15) is 0 Å². The third kappa shape index (κ3) is 2.64. The normalized spacial score (nSPS) is 13.8. The van der Waals surface area contributed by atoms with Crippen molar-refractivity contribution in [1.82, 2.24) is 0 Å². The topological polar surface area (TPSA) is 35.5 Å². The second-order valence-corrected chi connectivity index (χ2v) is 3.51. The highest BCUT2D eigenvalue weighted by molar-refractivity contribution is 6.66. The van der Waals surface area contributed by atoms with E-state index in [-0.39, 0.29) is 6.79 Å². The zero-order valence-electron chi connectivity index (χ0n) is 8.35. The molecule has 0 radical (unpaired) electrons. The minimum Gasteiger partial charge on any atom is -0.454 e. The van der Waals surface area contributed by atoms with E-state index in [0.29, 0.717) is 0 Å².